The number of hydrogen-bond donors (Lipinski definition) is 0. The van der Waals surface area contributed by atoms with Crippen molar-refractivity contribution in [2.45, 2.75) is 19.3 Å². The zero-order chi connectivity index (χ0) is 38.4. The van der Waals surface area contributed by atoms with Crippen LogP contribution in [0.25, 0.3) is 61.2 Å². The molecular formula is C57H44. The molecule has 0 aliphatic heterocycles. The summed E-state index contributed by atoms with van der Waals surface area (Å²) in [5, 5.41) is 0. The van der Waals surface area contributed by atoms with E-state index in [-0.39, 0.29) is 5.92 Å². The molecule has 8 aromatic carbocycles. The molecule has 1 unspecified atom stereocenters. The third-order valence-corrected chi connectivity index (χ3v) is 11.3. The Morgan fingerprint density at radius 2 is 0.825 bits per heavy atom. The normalized spacial score (nSPS) is 16.3. The van der Waals surface area contributed by atoms with Gasteiger partial charge in [-0.05, 0) is 115 Å². The van der Waals surface area contributed by atoms with Crippen molar-refractivity contribution >= 4 is 5.57 Å². The van der Waals surface area contributed by atoms with Crippen LogP contribution in [0, 0.1) is 0 Å². The SMILES string of the molecule is CC1=C(/c2cc(-c3ccc(-c4ccc(-c5ccccc5)cc4)cc3)ccc2-c2cccc(-c3ccccc3)c2)c2ccccc2C(c2ccccc2)C/C=C/C=C\1. The molecule has 0 heterocycles. The van der Waals surface area contributed by atoms with Gasteiger partial charge in [-0.1, -0.05) is 218 Å². The average Bonchev–Trinajstić information content (AvgIpc) is 3.29. The van der Waals surface area contributed by atoms with E-state index in [0.29, 0.717) is 0 Å². The van der Waals surface area contributed by atoms with Crippen LogP contribution >= 0.6 is 0 Å². The highest BCUT2D eigenvalue weighted by Crippen LogP contribution is 2.43. The molecule has 0 saturated heterocycles. The van der Waals surface area contributed by atoms with Gasteiger partial charge in [-0.2, -0.15) is 0 Å². The van der Waals surface area contributed by atoms with E-state index in [1.807, 2.05) is 0 Å². The Morgan fingerprint density at radius 3 is 1.47 bits per heavy atom. The van der Waals surface area contributed by atoms with Crippen LogP contribution in [0.4, 0.5) is 0 Å². The number of hydrogen-bond acceptors (Lipinski definition) is 0. The maximum atomic E-state index is 2.43. The summed E-state index contributed by atoms with van der Waals surface area (Å²) in [6.45, 7) is 2.27. The minimum absolute atomic E-state index is 0.218. The smallest absolute Gasteiger partial charge is 0.0130 e. The topological polar surface area (TPSA) is 0 Å². The second-order valence-electron chi connectivity index (χ2n) is 14.9. The first kappa shape index (κ1) is 35.7. The average molecular weight is 729 g/mol. The quantitative estimate of drug-likeness (QED) is 0.153. The summed E-state index contributed by atoms with van der Waals surface area (Å²) in [5.41, 5.74) is 19.8. The molecule has 1 aliphatic rings. The van der Waals surface area contributed by atoms with Crippen molar-refractivity contribution in [1.82, 2.24) is 0 Å². The first-order chi connectivity index (χ1) is 28.2. The Balaban J connectivity index is 1.19. The Morgan fingerprint density at radius 1 is 0.351 bits per heavy atom. The van der Waals surface area contributed by atoms with Gasteiger partial charge < -0.3 is 0 Å². The molecule has 0 saturated carbocycles. The van der Waals surface area contributed by atoms with Crippen molar-refractivity contribution in [3.05, 3.63) is 258 Å². The zero-order valence-corrected chi connectivity index (χ0v) is 32.2. The summed E-state index contributed by atoms with van der Waals surface area (Å²) < 4.78 is 0. The molecule has 0 nitrogen and oxygen atoms in total. The Hall–Kier alpha value is -7.02. The van der Waals surface area contributed by atoms with Crippen LogP contribution in [0.5, 0.6) is 0 Å². The number of allylic oxidation sites excluding steroid dienone is 5. The minimum Gasteiger partial charge on any atom is -0.0836 e. The monoisotopic (exact) mass is 728 g/mol. The van der Waals surface area contributed by atoms with Crippen molar-refractivity contribution in [3.8, 4) is 55.6 Å². The first-order valence-corrected chi connectivity index (χ1v) is 19.9. The third kappa shape index (κ3) is 7.64. The fourth-order valence-electron chi connectivity index (χ4n) is 8.32. The molecular weight excluding hydrogens is 685 g/mol. The Kier molecular flexibility index (Phi) is 10.2. The van der Waals surface area contributed by atoms with Gasteiger partial charge in [0.05, 0.1) is 0 Å². The molecule has 8 aromatic rings. The van der Waals surface area contributed by atoms with E-state index in [9.17, 15) is 0 Å². The molecule has 1 atom stereocenters. The molecule has 0 spiro atoms. The van der Waals surface area contributed by atoms with Gasteiger partial charge in [-0.15, -0.1) is 0 Å². The molecule has 272 valence electrons. The largest absolute Gasteiger partial charge is 0.0836 e. The molecule has 0 aromatic heterocycles. The van der Waals surface area contributed by atoms with E-state index in [2.05, 4.69) is 237 Å². The highest BCUT2D eigenvalue weighted by atomic mass is 14.3. The van der Waals surface area contributed by atoms with Crippen LogP contribution in [0.2, 0.25) is 0 Å². The highest BCUT2D eigenvalue weighted by Gasteiger charge is 2.23. The van der Waals surface area contributed by atoms with Crippen molar-refractivity contribution in [2.24, 2.45) is 0 Å². The Labute approximate surface area is 337 Å². The fraction of sp³-hybridized carbons (Fsp3) is 0.0526. The lowest BCUT2D eigenvalue weighted by Crippen LogP contribution is -2.06. The molecule has 57 heavy (non-hydrogen) atoms. The summed E-state index contributed by atoms with van der Waals surface area (Å²) >= 11 is 0. The molecule has 0 amide bonds. The number of fused-ring (bicyclic) bond motifs is 1. The van der Waals surface area contributed by atoms with Gasteiger partial charge in [0.25, 0.3) is 0 Å². The van der Waals surface area contributed by atoms with Crippen molar-refractivity contribution in [2.75, 3.05) is 0 Å². The summed E-state index contributed by atoms with van der Waals surface area (Å²) in [5.74, 6) is 0.218. The second kappa shape index (κ2) is 16.4. The van der Waals surface area contributed by atoms with E-state index in [4.69, 9.17) is 0 Å². The lowest BCUT2D eigenvalue weighted by atomic mass is 9.79. The van der Waals surface area contributed by atoms with Gasteiger partial charge >= 0.3 is 0 Å². The van der Waals surface area contributed by atoms with Crippen LogP contribution in [-0.4, -0.2) is 0 Å². The zero-order valence-electron chi connectivity index (χ0n) is 32.2. The molecule has 0 fully saturated rings. The van der Waals surface area contributed by atoms with Crippen LogP contribution in [-0.2, 0) is 0 Å². The highest BCUT2D eigenvalue weighted by molar-refractivity contribution is 5.94. The molecule has 0 radical (unpaired) electrons. The predicted octanol–water partition coefficient (Wildman–Crippen LogP) is 15.5. The predicted molar refractivity (Wildman–Crippen MR) is 243 cm³/mol. The molecule has 0 bridgehead atoms. The molecule has 9 rings (SSSR count). The second-order valence-corrected chi connectivity index (χ2v) is 14.9. The van der Waals surface area contributed by atoms with Crippen molar-refractivity contribution in [3.63, 3.8) is 0 Å². The lowest BCUT2D eigenvalue weighted by Gasteiger charge is -2.25. The lowest BCUT2D eigenvalue weighted by molar-refractivity contribution is 0.826. The Bertz CT molecular complexity index is 2710. The summed E-state index contributed by atoms with van der Waals surface area (Å²) in [6.07, 6.45) is 9.93. The van der Waals surface area contributed by atoms with Gasteiger partial charge in [-0.25, -0.2) is 0 Å². The molecule has 0 N–H and O–H groups in total. The molecule has 0 heteroatoms. The number of rotatable bonds is 7. The van der Waals surface area contributed by atoms with Crippen LogP contribution in [0.3, 0.4) is 0 Å². The molecule has 1 aliphatic carbocycles. The van der Waals surface area contributed by atoms with Crippen molar-refractivity contribution < 1.29 is 0 Å². The number of benzene rings is 8. The van der Waals surface area contributed by atoms with Crippen LogP contribution in [0.1, 0.15) is 41.5 Å². The van der Waals surface area contributed by atoms with E-state index in [1.165, 1.54) is 89.0 Å². The first-order valence-electron chi connectivity index (χ1n) is 19.9. The minimum atomic E-state index is 0.218. The van der Waals surface area contributed by atoms with E-state index in [0.717, 1.165) is 6.42 Å². The maximum absolute atomic E-state index is 2.43. The summed E-state index contributed by atoms with van der Waals surface area (Å²) in [4.78, 5) is 0. The van der Waals surface area contributed by atoms with E-state index >= 15 is 0 Å². The van der Waals surface area contributed by atoms with Gasteiger partial charge in [0, 0.05) is 5.92 Å². The standard InChI is InChI=1S/C57H44/c1-41-17-6-2-13-26-52(48-22-11-5-12-23-48)54-27-14-15-28-55(54)57(41)56-40-50(37-38-53(56)51-25-16-24-49(39-51)43-20-9-4-10-21-43)47-35-33-46(34-36-47)45-31-29-44(30-32-45)42-18-7-3-8-19-42/h2-25,27-40,52H,26H2,1H3/b13-2+,17-6-,57-41-. The van der Waals surface area contributed by atoms with E-state index < -0.39 is 0 Å². The van der Waals surface area contributed by atoms with Crippen molar-refractivity contribution in [1.29, 1.82) is 0 Å². The van der Waals surface area contributed by atoms with Crippen LogP contribution < -0.4 is 0 Å². The maximum Gasteiger partial charge on any atom is 0.0130 e. The van der Waals surface area contributed by atoms with Gasteiger partial charge in [0.2, 0.25) is 0 Å². The van der Waals surface area contributed by atoms with Gasteiger partial charge in [0.1, 0.15) is 0 Å². The fourth-order valence-corrected chi connectivity index (χ4v) is 8.32. The van der Waals surface area contributed by atoms with Gasteiger partial charge in [0.15, 0.2) is 0 Å². The third-order valence-electron chi connectivity index (χ3n) is 11.3. The summed E-state index contributed by atoms with van der Waals surface area (Å²) in [6, 6.07) is 75.3. The van der Waals surface area contributed by atoms with E-state index in [1.54, 1.807) is 0 Å². The van der Waals surface area contributed by atoms with Crippen LogP contribution in [0.15, 0.2) is 236 Å². The van der Waals surface area contributed by atoms with Gasteiger partial charge in [-0.3, -0.25) is 0 Å². The summed E-state index contributed by atoms with van der Waals surface area (Å²) in [7, 11) is 0.